The van der Waals surface area contributed by atoms with Crippen molar-refractivity contribution < 1.29 is 9.21 Å². The second-order valence-electron chi connectivity index (χ2n) is 7.57. The van der Waals surface area contributed by atoms with Gasteiger partial charge in [-0.15, -0.1) is 10.2 Å². The number of aromatic nitrogens is 3. The smallest absolute Gasteiger partial charge is 0.234 e. The summed E-state index contributed by atoms with van der Waals surface area (Å²) < 4.78 is 8.87. The van der Waals surface area contributed by atoms with Gasteiger partial charge in [-0.05, 0) is 60.9 Å². The van der Waals surface area contributed by atoms with Gasteiger partial charge in [0.05, 0.1) is 5.75 Å². The Hall–Kier alpha value is -2.29. The van der Waals surface area contributed by atoms with Crippen LogP contribution in [0.5, 0.6) is 0 Å². The molecular formula is C23H22BrClN4O2S. The summed E-state index contributed by atoms with van der Waals surface area (Å²) in [5.41, 5.74) is 2.65. The van der Waals surface area contributed by atoms with Crippen molar-refractivity contribution >= 4 is 61.9 Å². The maximum atomic E-state index is 12.6. The molecule has 0 saturated heterocycles. The largest absolute Gasteiger partial charge is 0.453 e. The molecule has 0 saturated carbocycles. The Bertz CT molecular complexity index is 1280. The highest BCUT2D eigenvalue weighted by Crippen LogP contribution is 2.31. The molecule has 0 aliphatic rings. The fourth-order valence-corrected chi connectivity index (χ4v) is 4.79. The van der Waals surface area contributed by atoms with Crippen LogP contribution in [-0.4, -0.2) is 26.4 Å². The van der Waals surface area contributed by atoms with Crippen molar-refractivity contribution in [3.8, 4) is 11.6 Å². The van der Waals surface area contributed by atoms with Crippen LogP contribution in [0.1, 0.15) is 32.3 Å². The normalized spacial score (nSPS) is 11.4. The lowest BCUT2D eigenvalue weighted by molar-refractivity contribution is -0.113. The lowest BCUT2D eigenvalue weighted by atomic mass is 10.0. The van der Waals surface area contributed by atoms with E-state index < -0.39 is 0 Å². The number of thioether (sulfide) groups is 1. The van der Waals surface area contributed by atoms with Crippen LogP contribution in [0.2, 0.25) is 5.02 Å². The monoisotopic (exact) mass is 532 g/mol. The molecule has 2 aromatic carbocycles. The van der Waals surface area contributed by atoms with Crippen LogP contribution in [0.4, 0.5) is 5.69 Å². The molecule has 0 radical (unpaired) electrons. The molecule has 6 nitrogen and oxygen atoms in total. The first-order valence-corrected chi connectivity index (χ1v) is 12.4. The topological polar surface area (TPSA) is 73.0 Å². The number of hydrogen-bond donors (Lipinski definition) is 1. The van der Waals surface area contributed by atoms with E-state index in [-0.39, 0.29) is 11.7 Å². The highest BCUT2D eigenvalue weighted by molar-refractivity contribution is 9.10. The van der Waals surface area contributed by atoms with Gasteiger partial charge < -0.3 is 9.73 Å². The fourth-order valence-electron chi connectivity index (χ4n) is 3.43. The molecule has 1 amide bonds. The fraction of sp³-hybridized carbons (Fsp3) is 0.261. The predicted molar refractivity (Wildman–Crippen MR) is 133 cm³/mol. The SMILES string of the molecule is CCn1c(SCC(=O)Nc2ccc(Br)cc2C(C)C)nnc1-c1cc2cc(Cl)ccc2o1. The number of carbonyl (C=O) groups excluding carboxylic acids is 1. The van der Waals surface area contributed by atoms with Gasteiger partial charge >= 0.3 is 0 Å². The number of nitrogens with one attached hydrogen (secondary N) is 1. The lowest BCUT2D eigenvalue weighted by Crippen LogP contribution is -2.16. The molecule has 0 atom stereocenters. The number of carbonyl (C=O) groups is 1. The summed E-state index contributed by atoms with van der Waals surface area (Å²) in [6.07, 6.45) is 0. The van der Waals surface area contributed by atoms with Crippen LogP contribution in [0.3, 0.4) is 0 Å². The highest BCUT2D eigenvalue weighted by Gasteiger charge is 2.18. The van der Waals surface area contributed by atoms with Crippen LogP contribution in [0.15, 0.2) is 56.5 Å². The molecule has 2 aromatic heterocycles. The molecule has 0 aliphatic heterocycles. The highest BCUT2D eigenvalue weighted by atomic mass is 79.9. The number of amides is 1. The molecule has 166 valence electrons. The summed E-state index contributed by atoms with van der Waals surface area (Å²) in [6.45, 7) is 6.86. The molecule has 4 rings (SSSR count). The van der Waals surface area contributed by atoms with Gasteiger partial charge in [-0.25, -0.2) is 0 Å². The van der Waals surface area contributed by atoms with E-state index in [1.54, 1.807) is 6.07 Å². The standard InChI is InChI=1S/C23H22BrClN4O2S/c1-4-29-22(20-10-14-9-16(25)6-8-19(14)31-20)27-28-23(29)32-12-21(30)26-18-7-5-15(24)11-17(18)13(2)3/h5-11,13H,4,12H2,1-3H3,(H,26,30). The van der Waals surface area contributed by atoms with E-state index in [4.69, 9.17) is 16.0 Å². The van der Waals surface area contributed by atoms with Crippen LogP contribution in [0.25, 0.3) is 22.6 Å². The van der Waals surface area contributed by atoms with E-state index in [0.29, 0.717) is 34.2 Å². The van der Waals surface area contributed by atoms with Crippen molar-refractivity contribution in [1.82, 2.24) is 14.8 Å². The van der Waals surface area contributed by atoms with E-state index in [1.807, 2.05) is 47.9 Å². The van der Waals surface area contributed by atoms with Crippen molar-refractivity contribution in [2.75, 3.05) is 11.1 Å². The third kappa shape index (κ3) is 4.87. The average molecular weight is 534 g/mol. The number of fused-ring (bicyclic) bond motifs is 1. The van der Waals surface area contributed by atoms with Gasteiger partial charge in [-0.1, -0.05) is 53.1 Å². The molecule has 4 aromatic rings. The molecule has 0 aliphatic carbocycles. The molecule has 0 spiro atoms. The Labute approximate surface area is 203 Å². The van der Waals surface area contributed by atoms with E-state index >= 15 is 0 Å². The van der Waals surface area contributed by atoms with Gasteiger partial charge in [0.2, 0.25) is 11.7 Å². The number of hydrogen-bond acceptors (Lipinski definition) is 5. The maximum absolute atomic E-state index is 12.6. The molecule has 0 unspecified atom stereocenters. The zero-order chi connectivity index (χ0) is 22.8. The van der Waals surface area contributed by atoms with E-state index in [9.17, 15) is 4.79 Å². The second-order valence-corrected chi connectivity index (χ2v) is 9.86. The quantitative estimate of drug-likeness (QED) is 0.259. The van der Waals surface area contributed by atoms with Gasteiger partial charge in [0.25, 0.3) is 0 Å². The van der Waals surface area contributed by atoms with E-state index in [2.05, 4.69) is 45.3 Å². The summed E-state index contributed by atoms with van der Waals surface area (Å²) in [7, 11) is 0. The van der Waals surface area contributed by atoms with Gasteiger partial charge in [-0.2, -0.15) is 0 Å². The Balaban J connectivity index is 1.49. The second kappa shape index (κ2) is 9.68. The van der Waals surface area contributed by atoms with Crippen LogP contribution < -0.4 is 5.32 Å². The number of nitrogens with zero attached hydrogens (tertiary/aromatic N) is 3. The van der Waals surface area contributed by atoms with E-state index in [0.717, 1.165) is 26.7 Å². The Kier molecular flexibility index (Phi) is 6.93. The number of rotatable bonds is 7. The van der Waals surface area contributed by atoms with Crippen molar-refractivity contribution in [3.05, 3.63) is 57.5 Å². The van der Waals surface area contributed by atoms with Crippen molar-refractivity contribution in [3.63, 3.8) is 0 Å². The third-order valence-electron chi connectivity index (χ3n) is 4.97. The van der Waals surface area contributed by atoms with Gasteiger partial charge in [0.15, 0.2) is 10.9 Å². The Morgan fingerprint density at radius 1 is 1.22 bits per heavy atom. The first-order valence-electron chi connectivity index (χ1n) is 10.2. The average Bonchev–Trinajstić information content (AvgIpc) is 3.36. The molecular weight excluding hydrogens is 512 g/mol. The van der Waals surface area contributed by atoms with Gasteiger partial charge in [-0.3, -0.25) is 9.36 Å². The minimum absolute atomic E-state index is 0.0928. The summed E-state index contributed by atoms with van der Waals surface area (Å²) >= 11 is 10.9. The zero-order valence-corrected chi connectivity index (χ0v) is 21.0. The number of halogens is 2. The Morgan fingerprint density at radius 2 is 2.03 bits per heavy atom. The lowest BCUT2D eigenvalue weighted by Gasteiger charge is -2.14. The Morgan fingerprint density at radius 3 is 2.78 bits per heavy atom. The summed E-state index contributed by atoms with van der Waals surface area (Å²) in [5, 5.41) is 13.8. The third-order valence-corrected chi connectivity index (χ3v) is 6.67. The minimum Gasteiger partial charge on any atom is -0.453 e. The first kappa shape index (κ1) is 22.9. The predicted octanol–water partition coefficient (Wildman–Crippen LogP) is 6.98. The molecule has 9 heteroatoms. The number of anilines is 1. The summed E-state index contributed by atoms with van der Waals surface area (Å²) in [5.74, 6) is 1.66. The molecule has 32 heavy (non-hydrogen) atoms. The van der Waals surface area contributed by atoms with E-state index in [1.165, 1.54) is 11.8 Å². The summed E-state index contributed by atoms with van der Waals surface area (Å²) in [4.78, 5) is 12.6. The molecule has 0 fully saturated rings. The maximum Gasteiger partial charge on any atom is 0.234 e. The zero-order valence-electron chi connectivity index (χ0n) is 17.9. The van der Waals surface area contributed by atoms with Gasteiger partial charge in [0.1, 0.15) is 5.58 Å². The molecule has 1 N–H and O–H groups in total. The first-order chi connectivity index (χ1) is 15.4. The minimum atomic E-state index is -0.0928. The number of benzene rings is 2. The van der Waals surface area contributed by atoms with Crippen molar-refractivity contribution in [2.45, 2.75) is 38.4 Å². The van der Waals surface area contributed by atoms with Crippen LogP contribution in [-0.2, 0) is 11.3 Å². The van der Waals surface area contributed by atoms with Crippen molar-refractivity contribution in [2.24, 2.45) is 0 Å². The number of furan rings is 1. The van der Waals surface area contributed by atoms with Crippen molar-refractivity contribution in [1.29, 1.82) is 0 Å². The van der Waals surface area contributed by atoms with Crippen LogP contribution >= 0.6 is 39.3 Å². The van der Waals surface area contributed by atoms with Crippen LogP contribution in [0, 0.1) is 0 Å². The molecule has 0 bridgehead atoms. The van der Waals surface area contributed by atoms with Gasteiger partial charge in [0, 0.05) is 27.1 Å². The molecule has 2 heterocycles. The summed E-state index contributed by atoms with van der Waals surface area (Å²) in [6, 6.07) is 13.3.